The lowest BCUT2D eigenvalue weighted by Gasteiger charge is -2.37. The quantitative estimate of drug-likeness (QED) is 0.552. The van der Waals surface area contributed by atoms with Crippen LogP contribution in [0.1, 0.15) is 53.4 Å². The van der Waals surface area contributed by atoms with Gasteiger partial charge in [0.2, 0.25) is 0 Å². The second-order valence-electron chi connectivity index (χ2n) is 9.54. The Hall–Kier alpha value is -1.54. The van der Waals surface area contributed by atoms with Crippen molar-refractivity contribution in [2.75, 3.05) is 52.5 Å². The van der Waals surface area contributed by atoms with Crippen LogP contribution in [0.4, 0.5) is 4.79 Å². The molecule has 3 rings (SSSR count). The van der Waals surface area contributed by atoms with Gasteiger partial charge in [-0.15, -0.1) is 0 Å². The molecule has 3 atom stereocenters. The van der Waals surface area contributed by atoms with Crippen LogP contribution in [0.3, 0.4) is 0 Å². The van der Waals surface area contributed by atoms with Crippen molar-refractivity contribution in [3.63, 3.8) is 0 Å². The van der Waals surface area contributed by atoms with E-state index >= 15 is 0 Å². The second-order valence-corrected chi connectivity index (χ2v) is 9.54. The lowest BCUT2D eigenvalue weighted by molar-refractivity contribution is -0.0817. The summed E-state index contributed by atoms with van der Waals surface area (Å²) in [6.45, 7) is 14.0. The Morgan fingerprint density at radius 2 is 1.87 bits per heavy atom. The van der Waals surface area contributed by atoms with Gasteiger partial charge in [-0.2, -0.15) is 0 Å². The molecule has 0 aromatic rings. The van der Waals surface area contributed by atoms with Crippen molar-refractivity contribution < 1.29 is 19.0 Å². The lowest BCUT2D eigenvalue weighted by Crippen LogP contribution is -2.53. The summed E-state index contributed by atoms with van der Waals surface area (Å²) in [7, 11) is 0. The molecule has 0 aliphatic carbocycles. The summed E-state index contributed by atoms with van der Waals surface area (Å²) in [5.74, 6) is 1.30. The van der Waals surface area contributed by atoms with Gasteiger partial charge in [-0.05, 0) is 59.3 Å². The third kappa shape index (κ3) is 6.74. The molecule has 3 unspecified atom stereocenters. The monoisotopic (exact) mass is 424 g/mol. The minimum atomic E-state index is -0.462. The molecule has 172 valence electrons. The van der Waals surface area contributed by atoms with E-state index in [1.165, 1.54) is 0 Å². The first-order valence-electron chi connectivity index (χ1n) is 11.6. The number of hydrogen-bond donors (Lipinski definition) is 1. The number of morpholine rings is 1. The molecule has 0 aromatic carbocycles. The van der Waals surface area contributed by atoms with Crippen LogP contribution < -0.4 is 5.32 Å². The first kappa shape index (κ1) is 23.1. The number of amides is 1. The van der Waals surface area contributed by atoms with E-state index in [0.717, 1.165) is 64.4 Å². The van der Waals surface area contributed by atoms with Gasteiger partial charge < -0.3 is 29.3 Å². The molecule has 8 heteroatoms. The highest BCUT2D eigenvalue weighted by atomic mass is 16.6. The van der Waals surface area contributed by atoms with Crippen LogP contribution in [-0.2, 0) is 14.2 Å². The first-order valence-corrected chi connectivity index (χ1v) is 11.6. The van der Waals surface area contributed by atoms with Crippen LogP contribution in [0.5, 0.6) is 0 Å². The number of likely N-dealkylation sites (tertiary alicyclic amines) is 1. The fourth-order valence-corrected chi connectivity index (χ4v) is 4.34. The summed E-state index contributed by atoms with van der Waals surface area (Å²) >= 11 is 0. The van der Waals surface area contributed by atoms with Crippen molar-refractivity contribution in [1.29, 1.82) is 0 Å². The van der Waals surface area contributed by atoms with Crippen LogP contribution in [0.25, 0.3) is 0 Å². The van der Waals surface area contributed by atoms with E-state index in [0.29, 0.717) is 25.6 Å². The summed E-state index contributed by atoms with van der Waals surface area (Å²) in [6.07, 6.45) is 4.39. The van der Waals surface area contributed by atoms with E-state index < -0.39 is 5.60 Å². The highest BCUT2D eigenvalue weighted by molar-refractivity contribution is 5.80. The fourth-order valence-electron chi connectivity index (χ4n) is 4.34. The standard InChI is InChI=1S/C22H40N4O4/c1-5-23-20(25-11-13-29-19(16-25)18-9-7-12-28-18)24-14-17-8-6-10-26(15-17)21(27)30-22(2,3)4/h17-19H,5-16H2,1-4H3,(H,23,24). The molecule has 0 aromatic heterocycles. The Balaban J connectivity index is 1.56. The van der Waals surface area contributed by atoms with Gasteiger partial charge in [-0.1, -0.05) is 0 Å². The number of nitrogens with one attached hydrogen (secondary N) is 1. The molecule has 0 radical (unpaired) electrons. The Morgan fingerprint density at radius 3 is 2.57 bits per heavy atom. The number of carbonyl (C=O) groups is 1. The maximum Gasteiger partial charge on any atom is 0.410 e. The van der Waals surface area contributed by atoms with Crippen LogP contribution in [0.2, 0.25) is 0 Å². The molecule has 0 bridgehead atoms. The van der Waals surface area contributed by atoms with Gasteiger partial charge in [0.25, 0.3) is 0 Å². The van der Waals surface area contributed by atoms with Crippen molar-refractivity contribution in [3.05, 3.63) is 0 Å². The molecule has 3 aliphatic rings. The van der Waals surface area contributed by atoms with Gasteiger partial charge in [0.1, 0.15) is 11.7 Å². The topological polar surface area (TPSA) is 75.6 Å². The Morgan fingerprint density at radius 1 is 1.07 bits per heavy atom. The van der Waals surface area contributed by atoms with E-state index in [1.54, 1.807) is 0 Å². The van der Waals surface area contributed by atoms with Gasteiger partial charge in [0.15, 0.2) is 5.96 Å². The number of rotatable bonds is 4. The van der Waals surface area contributed by atoms with Crippen molar-refractivity contribution in [1.82, 2.24) is 15.1 Å². The highest BCUT2D eigenvalue weighted by Gasteiger charge is 2.32. The molecular formula is C22H40N4O4. The van der Waals surface area contributed by atoms with Crippen molar-refractivity contribution in [3.8, 4) is 0 Å². The molecule has 1 N–H and O–H groups in total. The summed E-state index contributed by atoms with van der Waals surface area (Å²) in [4.78, 5) is 21.5. The van der Waals surface area contributed by atoms with Crippen molar-refractivity contribution in [2.24, 2.45) is 10.9 Å². The zero-order valence-corrected chi connectivity index (χ0v) is 19.2. The molecule has 3 heterocycles. The molecule has 30 heavy (non-hydrogen) atoms. The fraction of sp³-hybridized carbons (Fsp3) is 0.909. The number of hydrogen-bond acceptors (Lipinski definition) is 5. The molecule has 0 saturated carbocycles. The molecule has 3 fully saturated rings. The first-order chi connectivity index (χ1) is 14.4. The predicted molar refractivity (Wildman–Crippen MR) is 117 cm³/mol. The Bertz CT molecular complexity index is 586. The number of guanidine groups is 1. The Kier molecular flexibility index (Phi) is 8.22. The summed E-state index contributed by atoms with van der Waals surface area (Å²) in [6, 6.07) is 0. The van der Waals surface area contributed by atoms with E-state index in [4.69, 9.17) is 19.2 Å². The molecule has 1 amide bonds. The average molecular weight is 425 g/mol. The normalized spacial score (nSPS) is 28.5. The van der Waals surface area contributed by atoms with Crippen molar-refractivity contribution >= 4 is 12.1 Å². The summed E-state index contributed by atoms with van der Waals surface area (Å²) in [5, 5.41) is 3.44. The van der Waals surface area contributed by atoms with Gasteiger partial charge in [0, 0.05) is 45.9 Å². The number of ether oxygens (including phenoxy) is 3. The van der Waals surface area contributed by atoms with E-state index in [9.17, 15) is 4.79 Å². The van der Waals surface area contributed by atoms with Gasteiger partial charge in [-0.25, -0.2) is 4.79 Å². The minimum absolute atomic E-state index is 0.113. The van der Waals surface area contributed by atoms with Gasteiger partial charge >= 0.3 is 6.09 Å². The van der Waals surface area contributed by atoms with Gasteiger partial charge in [-0.3, -0.25) is 4.99 Å². The third-order valence-electron chi connectivity index (χ3n) is 5.78. The Labute approximate surface area is 181 Å². The maximum absolute atomic E-state index is 12.4. The van der Waals surface area contributed by atoms with Crippen LogP contribution >= 0.6 is 0 Å². The smallest absolute Gasteiger partial charge is 0.410 e. The number of piperidine rings is 1. The molecular weight excluding hydrogens is 384 g/mol. The molecule has 0 spiro atoms. The number of nitrogens with zero attached hydrogens (tertiary/aromatic N) is 3. The predicted octanol–water partition coefficient (Wildman–Crippen LogP) is 2.48. The van der Waals surface area contributed by atoms with E-state index in [2.05, 4.69) is 17.1 Å². The molecule has 3 aliphatic heterocycles. The van der Waals surface area contributed by atoms with Crippen LogP contribution in [0.15, 0.2) is 4.99 Å². The average Bonchev–Trinajstić information content (AvgIpc) is 3.25. The lowest BCUT2D eigenvalue weighted by atomic mass is 9.98. The molecule has 3 saturated heterocycles. The highest BCUT2D eigenvalue weighted by Crippen LogP contribution is 2.22. The minimum Gasteiger partial charge on any atom is -0.444 e. The zero-order valence-electron chi connectivity index (χ0n) is 19.2. The van der Waals surface area contributed by atoms with Crippen molar-refractivity contribution in [2.45, 2.75) is 71.2 Å². The summed E-state index contributed by atoms with van der Waals surface area (Å²) in [5.41, 5.74) is -0.462. The van der Waals surface area contributed by atoms with Gasteiger partial charge in [0.05, 0.1) is 12.7 Å². The van der Waals surface area contributed by atoms with E-state index in [1.807, 2.05) is 25.7 Å². The van der Waals surface area contributed by atoms with Crippen LogP contribution in [-0.4, -0.2) is 92.1 Å². The largest absolute Gasteiger partial charge is 0.444 e. The SMILES string of the molecule is CCNC(=NCC1CCCN(C(=O)OC(C)(C)C)C1)N1CCOC(C2CCCO2)C1. The zero-order chi connectivity index (χ0) is 21.6. The van der Waals surface area contributed by atoms with E-state index in [-0.39, 0.29) is 18.3 Å². The number of carbonyl (C=O) groups excluding carboxylic acids is 1. The second kappa shape index (κ2) is 10.7. The third-order valence-corrected chi connectivity index (χ3v) is 5.78. The molecule has 8 nitrogen and oxygen atoms in total. The maximum atomic E-state index is 12.4. The van der Waals surface area contributed by atoms with Crippen LogP contribution in [0, 0.1) is 5.92 Å². The number of aliphatic imine (C=N–C) groups is 1. The summed E-state index contributed by atoms with van der Waals surface area (Å²) < 4.78 is 17.4.